The Morgan fingerprint density at radius 2 is 1.96 bits per heavy atom. The predicted molar refractivity (Wildman–Crippen MR) is 89.6 cm³/mol. The van der Waals surface area contributed by atoms with Gasteiger partial charge in [0.1, 0.15) is 12.4 Å². The third kappa shape index (κ3) is 4.51. The van der Waals surface area contributed by atoms with Crippen LogP contribution in [0.25, 0.3) is 11.4 Å². The molecule has 7 heteroatoms. The normalized spacial score (nSPS) is 17.0. The van der Waals surface area contributed by atoms with Crippen LogP contribution in [-0.2, 0) is 6.54 Å². The molecule has 1 aliphatic carbocycles. The number of guanidine groups is 1. The van der Waals surface area contributed by atoms with Crippen LogP contribution in [-0.4, -0.2) is 32.2 Å². The number of aromatic amines is 1. The Balaban J connectivity index is 1.55. The van der Waals surface area contributed by atoms with Crippen LogP contribution >= 0.6 is 0 Å². The number of nitrogens with zero attached hydrogens (tertiary/aromatic N) is 4. The monoisotopic (exact) mass is 313 g/mol. The van der Waals surface area contributed by atoms with Gasteiger partial charge >= 0.3 is 0 Å². The second-order valence-corrected chi connectivity index (χ2v) is 5.88. The van der Waals surface area contributed by atoms with Gasteiger partial charge in [-0.15, -0.1) is 0 Å². The number of H-pyrrole nitrogens is 1. The first-order chi connectivity index (χ1) is 11.3. The van der Waals surface area contributed by atoms with Gasteiger partial charge in [-0.1, -0.05) is 25.7 Å². The topological polar surface area (TPSA) is 105 Å². The van der Waals surface area contributed by atoms with Gasteiger partial charge in [-0.05, 0) is 25.0 Å². The first-order valence-electron chi connectivity index (χ1n) is 8.19. The maximum Gasteiger partial charge on any atom is 0.189 e. The summed E-state index contributed by atoms with van der Waals surface area (Å²) in [5.74, 6) is 1.83. The molecule has 0 radical (unpaired) electrons. The van der Waals surface area contributed by atoms with E-state index in [0.717, 1.165) is 5.56 Å². The molecular formula is C16H23N7. The molecular weight excluding hydrogens is 290 g/mol. The Hall–Kier alpha value is -2.44. The lowest BCUT2D eigenvalue weighted by atomic mass is 10.1. The van der Waals surface area contributed by atoms with Crippen LogP contribution in [0.1, 0.15) is 44.3 Å². The Morgan fingerprint density at radius 1 is 1.22 bits per heavy atom. The molecule has 0 spiro atoms. The van der Waals surface area contributed by atoms with Crippen LogP contribution in [0, 0.1) is 0 Å². The van der Waals surface area contributed by atoms with Gasteiger partial charge in [0.15, 0.2) is 11.8 Å². The van der Waals surface area contributed by atoms with Crippen molar-refractivity contribution in [2.45, 2.75) is 51.1 Å². The lowest BCUT2D eigenvalue weighted by molar-refractivity contribution is 0.530. The van der Waals surface area contributed by atoms with Crippen molar-refractivity contribution in [1.29, 1.82) is 0 Å². The number of hydrogen-bond acceptors (Lipinski definition) is 4. The molecule has 7 nitrogen and oxygen atoms in total. The summed E-state index contributed by atoms with van der Waals surface area (Å²) >= 11 is 0. The minimum Gasteiger partial charge on any atom is -0.370 e. The highest BCUT2D eigenvalue weighted by Gasteiger charge is 2.12. The van der Waals surface area contributed by atoms with Gasteiger partial charge in [-0.3, -0.25) is 10.1 Å². The molecule has 0 bridgehead atoms. The zero-order chi connectivity index (χ0) is 15.9. The van der Waals surface area contributed by atoms with Crippen LogP contribution < -0.4 is 11.1 Å². The average Bonchev–Trinajstić information content (AvgIpc) is 2.91. The summed E-state index contributed by atoms with van der Waals surface area (Å²) in [6.07, 6.45) is 11.0. The largest absolute Gasteiger partial charge is 0.370 e. The van der Waals surface area contributed by atoms with E-state index >= 15 is 0 Å². The van der Waals surface area contributed by atoms with E-state index in [-0.39, 0.29) is 0 Å². The fourth-order valence-electron chi connectivity index (χ4n) is 2.83. The maximum absolute atomic E-state index is 5.99. The molecule has 1 aliphatic rings. The molecule has 23 heavy (non-hydrogen) atoms. The van der Waals surface area contributed by atoms with E-state index in [4.69, 9.17) is 5.73 Å². The van der Waals surface area contributed by atoms with Gasteiger partial charge in [0.05, 0.1) is 0 Å². The van der Waals surface area contributed by atoms with Crippen molar-refractivity contribution in [3.8, 4) is 11.4 Å². The van der Waals surface area contributed by atoms with Gasteiger partial charge in [0.25, 0.3) is 0 Å². The van der Waals surface area contributed by atoms with E-state index in [2.05, 4.69) is 30.5 Å². The number of pyridine rings is 1. The predicted octanol–water partition coefficient (Wildman–Crippen LogP) is 1.99. The molecule has 0 saturated heterocycles. The third-order valence-electron chi connectivity index (χ3n) is 4.08. The first-order valence-corrected chi connectivity index (χ1v) is 8.19. The van der Waals surface area contributed by atoms with Crippen molar-refractivity contribution in [1.82, 2.24) is 25.5 Å². The molecule has 0 aromatic carbocycles. The number of hydrogen-bond donors (Lipinski definition) is 3. The summed E-state index contributed by atoms with van der Waals surface area (Å²) in [6, 6.07) is 4.19. The fourth-order valence-corrected chi connectivity index (χ4v) is 2.83. The summed E-state index contributed by atoms with van der Waals surface area (Å²) in [5.41, 5.74) is 6.92. The number of rotatable bonds is 4. The SMILES string of the molecule is NC(=NCc1nc(-c2ccncc2)n[nH]1)NC1CCCCCC1. The van der Waals surface area contributed by atoms with E-state index in [1.54, 1.807) is 12.4 Å². The smallest absolute Gasteiger partial charge is 0.189 e. The van der Waals surface area contributed by atoms with Crippen molar-refractivity contribution in [3.63, 3.8) is 0 Å². The lowest BCUT2D eigenvalue weighted by Crippen LogP contribution is -2.39. The van der Waals surface area contributed by atoms with E-state index in [0.29, 0.717) is 30.2 Å². The van der Waals surface area contributed by atoms with Crippen molar-refractivity contribution in [2.24, 2.45) is 10.7 Å². The van der Waals surface area contributed by atoms with E-state index in [9.17, 15) is 0 Å². The number of aromatic nitrogens is 4. The molecule has 0 amide bonds. The number of aliphatic imine (C=N–C) groups is 1. The van der Waals surface area contributed by atoms with Crippen molar-refractivity contribution >= 4 is 5.96 Å². The van der Waals surface area contributed by atoms with Crippen molar-refractivity contribution in [2.75, 3.05) is 0 Å². The zero-order valence-corrected chi connectivity index (χ0v) is 13.2. The summed E-state index contributed by atoms with van der Waals surface area (Å²) in [5, 5.41) is 10.4. The molecule has 2 heterocycles. The number of nitrogens with two attached hydrogens (primary N) is 1. The lowest BCUT2D eigenvalue weighted by Gasteiger charge is -2.16. The zero-order valence-electron chi connectivity index (χ0n) is 13.2. The van der Waals surface area contributed by atoms with Gasteiger partial charge in [0, 0.05) is 24.0 Å². The highest BCUT2D eigenvalue weighted by Crippen LogP contribution is 2.17. The third-order valence-corrected chi connectivity index (χ3v) is 4.08. The Kier molecular flexibility index (Phi) is 5.18. The van der Waals surface area contributed by atoms with E-state index in [1.807, 2.05) is 12.1 Å². The minimum atomic E-state index is 0.392. The van der Waals surface area contributed by atoms with Crippen LogP contribution in [0.15, 0.2) is 29.5 Å². The molecule has 0 atom stereocenters. The molecule has 0 unspecified atom stereocenters. The highest BCUT2D eigenvalue weighted by atomic mass is 15.2. The summed E-state index contributed by atoms with van der Waals surface area (Å²) in [6.45, 7) is 0.392. The molecule has 122 valence electrons. The van der Waals surface area contributed by atoms with Gasteiger partial charge in [0.2, 0.25) is 0 Å². The first kappa shape index (κ1) is 15.5. The molecule has 1 saturated carbocycles. The standard InChI is InChI=1S/C16H23N7/c17-16(20-13-5-3-1-2-4-6-13)19-11-14-21-15(23-22-14)12-7-9-18-10-8-12/h7-10,13H,1-6,11H2,(H3,17,19,20)(H,21,22,23). The number of nitrogens with one attached hydrogen (secondary N) is 2. The molecule has 2 aromatic rings. The molecule has 2 aromatic heterocycles. The Labute approximate surface area is 135 Å². The van der Waals surface area contributed by atoms with E-state index in [1.165, 1.54) is 38.5 Å². The molecule has 1 fully saturated rings. The second-order valence-electron chi connectivity index (χ2n) is 5.88. The molecule has 0 aliphatic heterocycles. The van der Waals surface area contributed by atoms with Crippen LogP contribution in [0.4, 0.5) is 0 Å². The Bertz CT molecular complexity index is 627. The van der Waals surface area contributed by atoms with Crippen LogP contribution in [0.5, 0.6) is 0 Å². The van der Waals surface area contributed by atoms with Gasteiger partial charge < -0.3 is 11.1 Å². The molecule has 3 rings (SSSR count). The van der Waals surface area contributed by atoms with Gasteiger partial charge in [-0.2, -0.15) is 5.10 Å². The average molecular weight is 313 g/mol. The fraction of sp³-hybridized carbons (Fsp3) is 0.500. The highest BCUT2D eigenvalue weighted by molar-refractivity contribution is 5.78. The quantitative estimate of drug-likeness (QED) is 0.455. The van der Waals surface area contributed by atoms with Crippen molar-refractivity contribution in [3.05, 3.63) is 30.4 Å². The van der Waals surface area contributed by atoms with E-state index < -0.39 is 0 Å². The van der Waals surface area contributed by atoms with Gasteiger partial charge in [-0.25, -0.2) is 9.98 Å². The minimum absolute atomic E-state index is 0.392. The Morgan fingerprint density at radius 3 is 2.70 bits per heavy atom. The van der Waals surface area contributed by atoms with Crippen molar-refractivity contribution < 1.29 is 0 Å². The van der Waals surface area contributed by atoms with Crippen LogP contribution in [0.3, 0.4) is 0 Å². The molecule has 4 N–H and O–H groups in total. The maximum atomic E-state index is 5.99. The summed E-state index contributed by atoms with van der Waals surface area (Å²) in [4.78, 5) is 12.8. The second kappa shape index (κ2) is 7.71. The van der Waals surface area contributed by atoms with Crippen LogP contribution in [0.2, 0.25) is 0 Å². The summed E-state index contributed by atoms with van der Waals surface area (Å²) in [7, 11) is 0. The summed E-state index contributed by atoms with van der Waals surface area (Å²) < 4.78 is 0.